The summed E-state index contributed by atoms with van der Waals surface area (Å²) in [6.45, 7) is 6.06. The van der Waals surface area contributed by atoms with Crippen molar-refractivity contribution in [3.63, 3.8) is 0 Å². The molecule has 2 rings (SSSR count). The summed E-state index contributed by atoms with van der Waals surface area (Å²) in [7, 11) is 1.96. The lowest BCUT2D eigenvalue weighted by Crippen LogP contribution is -2.20. The summed E-state index contributed by atoms with van der Waals surface area (Å²) >= 11 is 0. The Labute approximate surface area is 114 Å². The molecule has 0 amide bonds. The third-order valence-corrected chi connectivity index (χ3v) is 3.23. The first-order chi connectivity index (χ1) is 9.15. The van der Waals surface area contributed by atoms with E-state index in [9.17, 15) is 0 Å². The van der Waals surface area contributed by atoms with Crippen LogP contribution in [0.4, 0.5) is 0 Å². The Morgan fingerprint density at radius 3 is 2.53 bits per heavy atom. The molecule has 0 spiro atoms. The van der Waals surface area contributed by atoms with Gasteiger partial charge in [0, 0.05) is 11.9 Å². The van der Waals surface area contributed by atoms with Gasteiger partial charge in [-0.25, -0.2) is 0 Å². The highest BCUT2D eigenvalue weighted by molar-refractivity contribution is 5.34. The molecule has 0 fully saturated rings. The molecule has 4 nitrogen and oxygen atoms in total. The predicted octanol–water partition coefficient (Wildman–Crippen LogP) is 2.36. The molecule has 2 aromatic heterocycles. The Bertz CT molecular complexity index is 549. The molecule has 1 atom stereocenters. The first-order valence-corrected chi connectivity index (χ1v) is 6.58. The molecule has 100 valence electrons. The summed E-state index contributed by atoms with van der Waals surface area (Å²) in [5.41, 5.74) is 5.33. The minimum atomic E-state index is 0.109. The van der Waals surface area contributed by atoms with Crippen LogP contribution in [-0.4, -0.2) is 22.2 Å². The summed E-state index contributed by atoms with van der Waals surface area (Å²) in [6, 6.07) is 6.36. The van der Waals surface area contributed by atoms with Crippen LogP contribution in [0.3, 0.4) is 0 Å². The van der Waals surface area contributed by atoms with Crippen molar-refractivity contribution in [2.24, 2.45) is 0 Å². The number of hydrogen-bond donors (Lipinski definition) is 1. The summed E-state index contributed by atoms with van der Waals surface area (Å²) in [6.07, 6.45) is 2.80. The summed E-state index contributed by atoms with van der Waals surface area (Å²) in [5.74, 6) is 0. The number of nitrogens with one attached hydrogen (secondary N) is 1. The molecule has 4 heteroatoms. The normalized spacial score (nSPS) is 12.4. The maximum absolute atomic E-state index is 4.38. The average Bonchev–Trinajstić information content (AvgIpc) is 2.42. The van der Waals surface area contributed by atoms with Gasteiger partial charge in [-0.2, -0.15) is 10.2 Å². The maximum atomic E-state index is 4.38. The van der Waals surface area contributed by atoms with Gasteiger partial charge in [0.1, 0.15) is 0 Å². The van der Waals surface area contributed by atoms with Crippen molar-refractivity contribution in [1.82, 2.24) is 20.5 Å². The molecule has 0 saturated heterocycles. The van der Waals surface area contributed by atoms with Crippen LogP contribution in [0, 0.1) is 13.8 Å². The molecule has 0 radical (unpaired) electrons. The van der Waals surface area contributed by atoms with Gasteiger partial charge in [-0.1, -0.05) is 13.0 Å². The molecular weight excluding hydrogens is 236 g/mol. The van der Waals surface area contributed by atoms with E-state index in [4.69, 9.17) is 0 Å². The van der Waals surface area contributed by atoms with Crippen LogP contribution in [0.1, 0.15) is 41.2 Å². The van der Waals surface area contributed by atoms with E-state index in [0.29, 0.717) is 0 Å². The number of aromatic nitrogens is 3. The first kappa shape index (κ1) is 13.6. The van der Waals surface area contributed by atoms with Gasteiger partial charge in [-0.3, -0.25) is 4.98 Å². The van der Waals surface area contributed by atoms with E-state index in [1.807, 2.05) is 33.2 Å². The largest absolute Gasteiger partial charge is 0.309 e. The van der Waals surface area contributed by atoms with Crippen LogP contribution in [0.5, 0.6) is 0 Å². The van der Waals surface area contributed by atoms with E-state index in [0.717, 1.165) is 29.1 Å². The zero-order valence-corrected chi connectivity index (χ0v) is 11.9. The number of pyridine rings is 1. The number of rotatable bonds is 4. The van der Waals surface area contributed by atoms with E-state index in [1.165, 1.54) is 5.56 Å². The number of hydrogen-bond acceptors (Lipinski definition) is 4. The molecule has 0 aliphatic carbocycles. The molecule has 1 N–H and O–H groups in total. The molecule has 0 aliphatic heterocycles. The Hall–Kier alpha value is -1.81. The van der Waals surface area contributed by atoms with Gasteiger partial charge in [0.15, 0.2) is 0 Å². The molecule has 0 aromatic carbocycles. The van der Waals surface area contributed by atoms with Crippen LogP contribution in [-0.2, 0) is 6.42 Å². The molecule has 2 aromatic rings. The molecule has 0 saturated carbocycles. The topological polar surface area (TPSA) is 50.7 Å². The van der Waals surface area contributed by atoms with Crippen molar-refractivity contribution in [2.75, 3.05) is 7.05 Å². The van der Waals surface area contributed by atoms with Gasteiger partial charge < -0.3 is 5.32 Å². The van der Waals surface area contributed by atoms with Gasteiger partial charge in [0.05, 0.1) is 17.4 Å². The van der Waals surface area contributed by atoms with Crippen molar-refractivity contribution >= 4 is 0 Å². The second kappa shape index (κ2) is 5.89. The highest BCUT2D eigenvalue weighted by atomic mass is 15.1. The van der Waals surface area contributed by atoms with Crippen LogP contribution in [0.15, 0.2) is 24.4 Å². The molecule has 19 heavy (non-hydrogen) atoms. The lowest BCUT2D eigenvalue weighted by Gasteiger charge is -2.19. The molecule has 2 heterocycles. The van der Waals surface area contributed by atoms with E-state index in [1.54, 1.807) is 0 Å². The number of nitrogens with zero attached hydrogens (tertiary/aromatic N) is 3. The SMILES string of the molecule is CCc1nnc(C)cc1C(NC)c1ccc(C)nc1. The third-order valence-electron chi connectivity index (χ3n) is 3.23. The van der Waals surface area contributed by atoms with Gasteiger partial charge >= 0.3 is 0 Å². The van der Waals surface area contributed by atoms with Gasteiger partial charge in [0.25, 0.3) is 0 Å². The van der Waals surface area contributed by atoms with E-state index in [2.05, 4.69) is 39.6 Å². The van der Waals surface area contributed by atoms with E-state index < -0.39 is 0 Å². The Morgan fingerprint density at radius 2 is 1.95 bits per heavy atom. The second-order valence-electron chi connectivity index (χ2n) is 4.70. The standard InChI is InChI=1S/C15H20N4/c1-5-14-13(8-11(3)18-19-14)15(16-4)12-7-6-10(2)17-9-12/h6-9,15-16H,5H2,1-4H3. The quantitative estimate of drug-likeness (QED) is 0.912. The minimum absolute atomic E-state index is 0.109. The lowest BCUT2D eigenvalue weighted by molar-refractivity contribution is 0.666. The Morgan fingerprint density at radius 1 is 1.16 bits per heavy atom. The van der Waals surface area contributed by atoms with Crippen LogP contribution in [0.2, 0.25) is 0 Å². The van der Waals surface area contributed by atoms with Crippen molar-refractivity contribution < 1.29 is 0 Å². The fraction of sp³-hybridized carbons (Fsp3) is 0.400. The smallest absolute Gasteiger partial charge is 0.0679 e. The number of aryl methyl sites for hydroxylation is 3. The fourth-order valence-electron chi connectivity index (χ4n) is 2.21. The van der Waals surface area contributed by atoms with Crippen molar-refractivity contribution in [3.05, 3.63) is 52.6 Å². The third kappa shape index (κ3) is 2.96. The highest BCUT2D eigenvalue weighted by Crippen LogP contribution is 2.24. The minimum Gasteiger partial charge on any atom is -0.309 e. The first-order valence-electron chi connectivity index (χ1n) is 6.58. The van der Waals surface area contributed by atoms with Crippen LogP contribution in [0.25, 0.3) is 0 Å². The second-order valence-corrected chi connectivity index (χ2v) is 4.70. The van der Waals surface area contributed by atoms with Crippen molar-refractivity contribution in [1.29, 1.82) is 0 Å². The zero-order valence-electron chi connectivity index (χ0n) is 11.9. The highest BCUT2D eigenvalue weighted by Gasteiger charge is 2.17. The van der Waals surface area contributed by atoms with Gasteiger partial charge in [0.2, 0.25) is 0 Å². The van der Waals surface area contributed by atoms with E-state index in [-0.39, 0.29) is 6.04 Å². The van der Waals surface area contributed by atoms with Gasteiger partial charge in [-0.05, 0) is 50.6 Å². The zero-order chi connectivity index (χ0) is 13.8. The Balaban J connectivity index is 2.47. The Kier molecular flexibility index (Phi) is 4.22. The summed E-state index contributed by atoms with van der Waals surface area (Å²) in [4.78, 5) is 4.38. The molecule has 0 aliphatic rings. The predicted molar refractivity (Wildman–Crippen MR) is 76.0 cm³/mol. The van der Waals surface area contributed by atoms with E-state index >= 15 is 0 Å². The van der Waals surface area contributed by atoms with Gasteiger partial charge in [-0.15, -0.1) is 0 Å². The molecule has 0 bridgehead atoms. The van der Waals surface area contributed by atoms with Crippen LogP contribution >= 0.6 is 0 Å². The van der Waals surface area contributed by atoms with Crippen molar-refractivity contribution in [3.8, 4) is 0 Å². The maximum Gasteiger partial charge on any atom is 0.0679 e. The fourth-order valence-corrected chi connectivity index (χ4v) is 2.21. The molecular formula is C15H20N4. The average molecular weight is 256 g/mol. The lowest BCUT2D eigenvalue weighted by atomic mass is 9.97. The summed E-state index contributed by atoms with van der Waals surface area (Å²) < 4.78 is 0. The van der Waals surface area contributed by atoms with Crippen molar-refractivity contribution in [2.45, 2.75) is 33.2 Å². The summed E-state index contributed by atoms with van der Waals surface area (Å²) in [5, 5.41) is 11.8. The van der Waals surface area contributed by atoms with Crippen LogP contribution < -0.4 is 5.32 Å². The monoisotopic (exact) mass is 256 g/mol. The molecule has 1 unspecified atom stereocenters.